The molecule has 2 aromatic rings. The van der Waals surface area contributed by atoms with Crippen molar-refractivity contribution in [1.29, 1.82) is 0 Å². The molecule has 0 bridgehead atoms. The summed E-state index contributed by atoms with van der Waals surface area (Å²) in [6.07, 6.45) is 7.97. The van der Waals surface area contributed by atoms with Gasteiger partial charge in [-0.2, -0.15) is 5.10 Å². The molecule has 1 N–H and O–H groups in total. The number of likely N-dealkylation sites (tertiary alicyclic amines) is 1. The highest BCUT2D eigenvalue weighted by atomic mass is 32.2. The molecule has 1 aromatic carbocycles. The van der Waals surface area contributed by atoms with Gasteiger partial charge in [-0.15, -0.1) is 0 Å². The van der Waals surface area contributed by atoms with Gasteiger partial charge in [-0.05, 0) is 55.7 Å². The van der Waals surface area contributed by atoms with Crippen LogP contribution in [-0.2, 0) is 31.3 Å². The smallest absolute Gasteiger partial charge is 0.236 e. The number of nitrogens with one attached hydrogen (secondary N) is 1. The third-order valence-corrected chi connectivity index (χ3v) is 9.11. The Kier molecular flexibility index (Phi) is 8.69. The summed E-state index contributed by atoms with van der Waals surface area (Å²) in [6.45, 7) is 4.75. The fourth-order valence-electron chi connectivity index (χ4n) is 6.17. The summed E-state index contributed by atoms with van der Waals surface area (Å²) in [5, 5.41) is 5.54. The summed E-state index contributed by atoms with van der Waals surface area (Å²) >= 11 is 0. The van der Waals surface area contributed by atoms with Crippen LogP contribution in [0.25, 0.3) is 10.9 Å². The third-order valence-electron chi connectivity index (χ3n) is 8.38. The molecule has 1 aromatic heterocycles. The average molecular weight is 548 g/mol. The lowest BCUT2D eigenvalue weighted by Gasteiger charge is -2.40. The van der Waals surface area contributed by atoms with Crippen LogP contribution in [0.3, 0.4) is 0 Å². The molecule has 38 heavy (non-hydrogen) atoms. The zero-order valence-electron chi connectivity index (χ0n) is 22.5. The van der Waals surface area contributed by atoms with Gasteiger partial charge >= 0.3 is 0 Å². The molecular weight excluding hydrogens is 506 g/mol. The number of nitrogens with zero attached hydrogens (tertiary/aromatic N) is 4. The summed E-state index contributed by atoms with van der Waals surface area (Å²) in [7, 11) is -1.39. The van der Waals surface area contributed by atoms with Crippen LogP contribution in [0, 0.1) is 5.92 Å². The van der Waals surface area contributed by atoms with Crippen molar-refractivity contribution in [1.82, 2.24) is 24.3 Å². The highest BCUT2D eigenvalue weighted by Gasteiger charge is 2.35. The number of aromatic nitrogens is 2. The van der Waals surface area contributed by atoms with Crippen LogP contribution in [0.15, 0.2) is 24.4 Å². The number of rotatable bonds is 8. The lowest BCUT2D eigenvalue weighted by molar-refractivity contribution is -0.136. The second-order valence-electron chi connectivity index (χ2n) is 11.2. The van der Waals surface area contributed by atoms with Crippen LogP contribution in [-0.4, -0.2) is 105 Å². The first-order valence-corrected chi connectivity index (χ1v) is 15.7. The van der Waals surface area contributed by atoms with Crippen molar-refractivity contribution in [2.24, 2.45) is 13.0 Å². The van der Waals surface area contributed by atoms with E-state index in [1.807, 2.05) is 22.8 Å². The lowest BCUT2D eigenvalue weighted by Crippen LogP contribution is -2.55. The van der Waals surface area contributed by atoms with Gasteiger partial charge in [0.15, 0.2) is 0 Å². The van der Waals surface area contributed by atoms with Gasteiger partial charge in [0.1, 0.15) is 0 Å². The van der Waals surface area contributed by atoms with Gasteiger partial charge in [-0.1, -0.05) is 6.07 Å². The van der Waals surface area contributed by atoms with E-state index in [0.29, 0.717) is 51.8 Å². The monoisotopic (exact) mass is 547 g/mol. The Morgan fingerprint density at radius 2 is 1.89 bits per heavy atom. The molecule has 10 nitrogen and oxygen atoms in total. The highest BCUT2D eigenvalue weighted by Crippen LogP contribution is 2.35. The molecule has 0 radical (unpaired) electrons. The number of aryl methyl sites for hydroxylation is 1. The number of hydrogen-bond acceptors (Lipinski definition) is 7. The van der Waals surface area contributed by atoms with E-state index in [9.17, 15) is 13.2 Å². The number of ether oxygens (including phenoxy) is 2. The van der Waals surface area contributed by atoms with E-state index in [1.165, 1.54) is 17.2 Å². The van der Waals surface area contributed by atoms with Crippen molar-refractivity contribution >= 4 is 26.8 Å². The maximum atomic E-state index is 13.0. The van der Waals surface area contributed by atoms with Gasteiger partial charge in [0.25, 0.3) is 0 Å². The lowest BCUT2D eigenvalue weighted by atomic mass is 9.82. The molecule has 1 saturated carbocycles. The van der Waals surface area contributed by atoms with Crippen molar-refractivity contribution < 1.29 is 22.7 Å². The first-order chi connectivity index (χ1) is 18.2. The Labute approximate surface area is 225 Å². The van der Waals surface area contributed by atoms with Crippen LogP contribution >= 0.6 is 0 Å². The zero-order chi connectivity index (χ0) is 26.7. The van der Waals surface area contributed by atoms with Gasteiger partial charge in [-0.3, -0.25) is 14.4 Å². The highest BCUT2D eigenvalue weighted by molar-refractivity contribution is 7.88. The predicted molar refractivity (Wildman–Crippen MR) is 145 cm³/mol. The normalized spacial score (nSPS) is 27.6. The van der Waals surface area contributed by atoms with E-state index in [2.05, 4.69) is 32.9 Å². The van der Waals surface area contributed by atoms with Crippen LogP contribution in [0.4, 0.5) is 0 Å². The van der Waals surface area contributed by atoms with E-state index >= 15 is 0 Å². The third kappa shape index (κ3) is 6.93. The fourth-order valence-corrected chi connectivity index (χ4v) is 7.03. The van der Waals surface area contributed by atoms with E-state index in [4.69, 9.17) is 9.47 Å². The van der Waals surface area contributed by atoms with E-state index in [1.54, 1.807) is 0 Å². The molecule has 3 fully saturated rings. The molecule has 210 valence electrons. The summed E-state index contributed by atoms with van der Waals surface area (Å²) < 4.78 is 40.5. The van der Waals surface area contributed by atoms with E-state index in [-0.39, 0.29) is 24.0 Å². The molecule has 2 atom stereocenters. The van der Waals surface area contributed by atoms with E-state index in [0.717, 1.165) is 44.3 Å². The van der Waals surface area contributed by atoms with Crippen molar-refractivity contribution in [3.63, 3.8) is 0 Å². The van der Waals surface area contributed by atoms with Gasteiger partial charge < -0.3 is 14.4 Å². The molecule has 0 unspecified atom stereocenters. The molecule has 1 amide bonds. The maximum Gasteiger partial charge on any atom is 0.236 e. The van der Waals surface area contributed by atoms with Crippen LogP contribution in [0.2, 0.25) is 0 Å². The minimum absolute atomic E-state index is 0.0715. The Hall–Kier alpha value is -2.05. The Balaban J connectivity index is 1.15. The Morgan fingerprint density at radius 1 is 1.13 bits per heavy atom. The topological polar surface area (TPSA) is 106 Å². The summed E-state index contributed by atoms with van der Waals surface area (Å²) in [5.74, 6) is 0.542. The number of sulfonamides is 1. The first kappa shape index (κ1) is 27.5. The number of hydrogen-bond donors (Lipinski definition) is 1. The largest absolute Gasteiger partial charge is 0.379 e. The number of benzene rings is 1. The quantitative estimate of drug-likeness (QED) is 0.536. The average Bonchev–Trinajstić information content (AvgIpc) is 3.28. The second kappa shape index (κ2) is 12.0. The van der Waals surface area contributed by atoms with Gasteiger partial charge in [0, 0.05) is 50.6 Å². The van der Waals surface area contributed by atoms with Gasteiger partial charge in [0.05, 0.1) is 50.4 Å². The summed E-state index contributed by atoms with van der Waals surface area (Å²) in [4.78, 5) is 17.0. The molecule has 0 spiro atoms. The SMILES string of the molecule is Cn1ncc2cc(C3CCC(OC[C@@H]4CN(C(=O)CN5CCOCC5)CC[C@@H]4NS(C)(=O)=O)CC3)ccc21. The minimum Gasteiger partial charge on any atom is -0.379 e. The number of amides is 1. The number of morpholine rings is 1. The van der Waals surface area contributed by atoms with Crippen LogP contribution < -0.4 is 4.72 Å². The number of carbonyl (C=O) groups excluding carboxylic acids is 1. The molecule has 11 heteroatoms. The number of carbonyl (C=O) groups is 1. The predicted octanol–water partition coefficient (Wildman–Crippen LogP) is 1.71. The Morgan fingerprint density at radius 3 is 2.63 bits per heavy atom. The molecule has 3 aliphatic rings. The van der Waals surface area contributed by atoms with Gasteiger partial charge in [-0.25, -0.2) is 13.1 Å². The van der Waals surface area contributed by atoms with Crippen molar-refractivity contribution in [3.8, 4) is 0 Å². The number of piperidine rings is 1. The van der Waals surface area contributed by atoms with Gasteiger partial charge in [0.2, 0.25) is 15.9 Å². The zero-order valence-corrected chi connectivity index (χ0v) is 23.4. The molecule has 5 rings (SSSR count). The van der Waals surface area contributed by atoms with E-state index < -0.39 is 10.0 Å². The number of fused-ring (bicyclic) bond motifs is 1. The molecule has 1 aliphatic carbocycles. The minimum atomic E-state index is -3.35. The van der Waals surface area contributed by atoms with Crippen LogP contribution in [0.1, 0.15) is 43.6 Å². The molecule has 3 heterocycles. The molecule has 2 saturated heterocycles. The maximum absolute atomic E-state index is 13.0. The molecule has 2 aliphatic heterocycles. The van der Waals surface area contributed by atoms with Crippen molar-refractivity contribution in [3.05, 3.63) is 30.0 Å². The summed E-state index contributed by atoms with van der Waals surface area (Å²) in [5.41, 5.74) is 2.51. The molecular formula is C27H41N5O5S. The Bertz CT molecular complexity index is 1200. The second-order valence-corrected chi connectivity index (χ2v) is 12.9. The van der Waals surface area contributed by atoms with Crippen LogP contribution in [0.5, 0.6) is 0 Å². The summed E-state index contributed by atoms with van der Waals surface area (Å²) in [6, 6.07) is 6.42. The first-order valence-electron chi connectivity index (χ1n) is 13.8. The van der Waals surface area contributed by atoms with Crippen molar-refractivity contribution in [2.75, 3.05) is 58.8 Å². The standard InChI is InChI=1S/C27H41N5O5S/c1-30-26-8-5-21(15-22(26)16-28-30)20-3-6-24(7-4-20)37-19-23-17-32(10-9-25(23)29-38(2,34)35)27(33)18-31-11-13-36-14-12-31/h5,8,15-16,20,23-25,29H,3-4,6-7,9-14,17-19H2,1-2H3/t20?,23-,24?,25-/m0/s1. The van der Waals surface area contributed by atoms with Crippen molar-refractivity contribution in [2.45, 2.75) is 50.2 Å². The fraction of sp³-hybridized carbons (Fsp3) is 0.704.